The minimum Gasteiger partial charge on any atom is -0.368 e. The lowest BCUT2D eigenvalue weighted by atomic mass is 9.89. The molecular formula is C10H11BN2O2. The Balaban J connectivity index is 2.81. The molecule has 2 radical (unpaired) electrons. The molecule has 1 rings (SSSR count). The highest BCUT2D eigenvalue weighted by Crippen LogP contribution is 2.00. The Kier molecular flexibility index (Phi) is 3.49. The van der Waals surface area contributed by atoms with Gasteiger partial charge in [0.2, 0.25) is 5.91 Å². The third kappa shape index (κ3) is 3.12. The summed E-state index contributed by atoms with van der Waals surface area (Å²) in [5, 5.41) is 2.37. The molecular weight excluding hydrogens is 191 g/mol. The average molecular weight is 202 g/mol. The first-order valence-corrected chi connectivity index (χ1v) is 4.43. The number of nitrogens with two attached hydrogens (primary N) is 1. The molecule has 5 heteroatoms. The summed E-state index contributed by atoms with van der Waals surface area (Å²) >= 11 is 0. The zero-order valence-electron chi connectivity index (χ0n) is 8.41. The number of amides is 2. The molecule has 0 unspecified atom stereocenters. The average Bonchev–Trinajstić information content (AvgIpc) is 2.18. The van der Waals surface area contributed by atoms with Gasteiger partial charge in [0, 0.05) is 5.56 Å². The molecule has 0 spiro atoms. The van der Waals surface area contributed by atoms with Gasteiger partial charge in [-0.25, -0.2) is 0 Å². The Hall–Kier alpha value is -1.78. The van der Waals surface area contributed by atoms with Crippen molar-refractivity contribution in [1.29, 1.82) is 0 Å². The zero-order valence-corrected chi connectivity index (χ0v) is 8.41. The quantitative estimate of drug-likeness (QED) is 0.617. The van der Waals surface area contributed by atoms with Gasteiger partial charge >= 0.3 is 0 Å². The molecule has 1 aromatic rings. The van der Waals surface area contributed by atoms with Gasteiger partial charge in [-0.2, -0.15) is 0 Å². The van der Waals surface area contributed by atoms with E-state index in [1.54, 1.807) is 18.2 Å². The third-order valence-electron chi connectivity index (χ3n) is 1.88. The van der Waals surface area contributed by atoms with Gasteiger partial charge in [0.25, 0.3) is 5.91 Å². The van der Waals surface area contributed by atoms with Crippen LogP contribution < -0.4 is 16.5 Å². The molecule has 0 atom stereocenters. The molecule has 0 aliphatic heterocycles. The molecule has 15 heavy (non-hydrogen) atoms. The van der Waals surface area contributed by atoms with Crippen LogP contribution in [0.1, 0.15) is 15.9 Å². The fourth-order valence-electron chi connectivity index (χ4n) is 1.13. The van der Waals surface area contributed by atoms with Crippen molar-refractivity contribution in [3.8, 4) is 0 Å². The molecule has 0 aliphatic rings. The molecule has 0 fully saturated rings. The van der Waals surface area contributed by atoms with Crippen LogP contribution in [0.4, 0.5) is 0 Å². The van der Waals surface area contributed by atoms with Gasteiger partial charge in [-0.1, -0.05) is 23.2 Å². The molecule has 0 heterocycles. The number of nitrogens with one attached hydrogen (secondary N) is 1. The van der Waals surface area contributed by atoms with Gasteiger partial charge in [-0.3, -0.25) is 9.59 Å². The molecule has 2 amide bonds. The van der Waals surface area contributed by atoms with Crippen LogP contribution in [0.3, 0.4) is 0 Å². The van der Waals surface area contributed by atoms with Crippen LogP contribution >= 0.6 is 0 Å². The van der Waals surface area contributed by atoms with E-state index >= 15 is 0 Å². The van der Waals surface area contributed by atoms with E-state index < -0.39 is 11.8 Å². The zero-order chi connectivity index (χ0) is 11.4. The summed E-state index contributed by atoms with van der Waals surface area (Å²) in [6.45, 7) is 1.66. The monoisotopic (exact) mass is 202 g/mol. The number of primary amides is 1. The highest BCUT2D eigenvalue weighted by molar-refractivity contribution is 6.36. The third-order valence-corrected chi connectivity index (χ3v) is 1.88. The SMILES string of the molecule is [B]c1ccc(C)cc1C(=O)NCC(N)=O. The van der Waals surface area contributed by atoms with Gasteiger partial charge in [0.15, 0.2) is 0 Å². The normalized spacial score (nSPS) is 9.67. The Bertz CT molecular complexity index is 404. The van der Waals surface area contributed by atoms with Crippen LogP contribution in [0.5, 0.6) is 0 Å². The van der Waals surface area contributed by atoms with E-state index in [1.165, 1.54) is 0 Å². The molecule has 3 N–H and O–H groups in total. The maximum absolute atomic E-state index is 11.5. The Labute approximate surface area is 89.3 Å². The minimum absolute atomic E-state index is 0.188. The predicted octanol–water partition coefficient (Wildman–Crippen LogP) is -0.996. The smallest absolute Gasteiger partial charge is 0.251 e. The lowest BCUT2D eigenvalue weighted by Gasteiger charge is -2.07. The van der Waals surface area contributed by atoms with Crippen molar-refractivity contribution in [2.45, 2.75) is 6.92 Å². The highest BCUT2D eigenvalue weighted by atomic mass is 16.2. The maximum Gasteiger partial charge on any atom is 0.251 e. The second-order valence-electron chi connectivity index (χ2n) is 3.24. The number of benzene rings is 1. The minimum atomic E-state index is -0.588. The first-order chi connectivity index (χ1) is 7.00. The second kappa shape index (κ2) is 4.64. The first kappa shape index (κ1) is 11.3. The summed E-state index contributed by atoms with van der Waals surface area (Å²) in [5.74, 6) is -0.982. The van der Waals surface area contributed by atoms with Gasteiger partial charge in [-0.05, 0) is 13.0 Å². The summed E-state index contributed by atoms with van der Waals surface area (Å²) in [7, 11) is 5.62. The number of hydrogen-bond donors (Lipinski definition) is 2. The number of carbonyl (C=O) groups excluding carboxylic acids is 2. The van der Waals surface area contributed by atoms with Crippen LogP contribution in [0, 0.1) is 6.92 Å². The van der Waals surface area contributed by atoms with E-state index in [1.807, 2.05) is 6.92 Å². The van der Waals surface area contributed by atoms with Crippen molar-refractivity contribution >= 4 is 25.1 Å². The van der Waals surface area contributed by atoms with E-state index in [-0.39, 0.29) is 6.54 Å². The van der Waals surface area contributed by atoms with Crippen molar-refractivity contribution in [3.05, 3.63) is 29.3 Å². The van der Waals surface area contributed by atoms with Crippen LogP contribution in [0.15, 0.2) is 18.2 Å². The molecule has 0 aliphatic carbocycles. The fraction of sp³-hybridized carbons (Fsp3) is 0.200. The van der Waals surface area contributed by atoms with E-state index in [2.05, 4.69) is 5.32 Å². The Morgan fingerprint density at radius 2 is 2.13 bits per heavy atom. The van der Waals surface area contributed by atoms with Crippen molar-refractivity contribution in [2.24, 2.45) is 5.73 Å². The summed E-state index contributed by atoms with van der Waals surface area (Å²) in [6, 6.07) is 5.11. The Morgan fingerprint density at radius 1 is 1.47 bits per heavy atom. The van der Waals surface area contributed by atoms with E-state index in [0.717, 1.165) is 5.56 Å². The number of aryl methyl sites for hydroxylation is 1. The molecule has 1 aromatic carbocycles. The van der Waals surface area contributed by atoms with Gasteiger partial charge in [0.05, 0.1) is 6.54 Å². The van der Waals surface area contributed by atoms with Crippen LogP contribution in [-0.4, -0.2) is 26.2 Å². The molecule has 4 nitrogen and oxygen atoms in total. The summed E-state index contributed by atoms with van der Waals surface area (Å²) in [5.41, 5.74) is 6.56. The molecule has 0 bridgehead atoms. The predicted molar refractivity (Wildman–Crippen MR) is 58.1 cm³/mol. The molecule has 0 saturated carbocycles. The number of rotatable bonds is 3. The molecule has 0 saturated heterocycles. The molecule has 76 valence electrons. The second-order valence-corrected chi connectivity index (χ2v) is 3.24. The first-order valence-electron chi connectivity index (χ1n) is 4.43. The van der Waals surface area contributed by atoms with Crippen molar-refractivity contribution in [2.75, 3.05) is 6.54 Å². The van der Waals surface area contributed by atoms with Crippen LogP contribution in [-0.2, 0) is 4.79 Å². The topological polar surface area (TPSA) is 72.2 Å². The summed E-state index contributed by atoms with van der Waals surface area (Å²) < 4.78 is 0. The lowest BCUT2D eigenvalue weighted by molar-refractivity contribution is -0.117. The summed E-state index contributed by atoms with van der Waals surface area (Å²) in [6.07, 6.45) is 0. The van der Waals surface area contributed by atoms with E-state index in [9.17, 15) is 9.59 Å². The van der Waals surface area contributed by atoms with Crippen molar-refractivity contribution in [1.82, 2.24) is 5.32 Å². The van der Waals surface area contributed by atoms with Crippen molar-refractivity contribution < 1.29 is 9.59 Å². The van der Waals surface area contributed by atoms with Crippen LogP contribution in [0.2, 0.25) is 0 Å². The number of hydrogen-bond acceptors (Lipinski definition) is 2. The molecule has 0 aromatic heterocycles. The maximum atomic E-state index is 11.5. The van der Waals surface area contributed by atoms with E-state index in [4.69, 9.17) is 13.6 Å². The lowest BCUT2D eigenvalue weighted by Crippen LogP contribution is -2.35. The van der Waals surface area contributed by atoms with Gasteiger partial charge in [0.1, 0.15) is 7.85 Å². The highest BCUT2D eigenvalue weighted by Gasteiger charge is 2.08. The van der Waals surface area contributed by atoms with E-state index in [0.29, 0.717) is 11.0 Å². The standard InChI is InChI=1S/C10H11BN2O2/c1-6-2-3-8(11)7(4-6)10(15)13-5-9(12)14/h2-4H,5H2,1H3,(H2,12,14)(H,13,15). The Morgan fingerprint density at radius 3 is 2.73 bits per heavy atom. The fourth-order valence-corrected chi connectivity index (χ4v) is 1.13. The number of carbonyl (C=O) groups is 2. The van der Waals surface area contributed by atoms with Gasteiger partial charge < -0.3 is 11.1 Å². The van der Waals surface area contributed by atoms with Crippen molar-refractivity contribution in [3.63, 3.8) is 0 Å². The van der Waals surface area contributed by atoms with Gasteiger partial charge in [-0.15, -0.1) is 0 Å². The summed E-state index contributed by atoms with van der Waals surface area (Å²) in [4.78, 5) is 22.0. The van der Waals surface area contributed by atoms with Crippen LogP contribution in [0.25, 0.3) is 0 Å². The largest absolute Gasteiger partial charge is 0.368 e.